The Balaban J connectivity index is 2.06. The van der Waals surface area contributed by atoms with E-state index in [2.05, 4.69) is 30.6 Å². The molecule has 0 atom stereocenters. The van der Waals surface area contributed by atoms with E-state index >= 15 is 0 Å². The third-order valence-electron chi connectivity index (χ3n) is 4.47. The lowest BCUT2D eigenvalue weighted by atomic mass is 9.84. The quantitative estimate of drug-likeness (QED) is 0.770. The maximum absolute atomic E-state index is 12.3. The van der Waals surface area contributed by atoms with Crippen LogP contribution in [0.4, 0.5) is 5.69 Å². The first-order chi connectivity index (χ1) is 12.0. The van der Waals surface area contributed by atoms with Crippen LogP contribution in [0.1, 0.15) is 37.8 Å². The largest absolute Gasteiger partial charge is 0.325 e. The fourth-order valence-corrected chi connectivity index (χ4v) is 3.03. The van der Waals surface area contributed by atoms with E-state index in [9.17, 15) is 4.79 Å². The number of nitrogens with zero attached hydrogens (tertiary/aromatic N) is 1. The minimum absolute atomic E-state index is 0.143. The van der Waals surface area contributed by atoms with Crippen LogP contribution < -0.4 is 10.6 Å². The number of carbonyl (C=O) groups is 1. The van der Waals surface area contributed by atoms with Gasteiger partial charge in [0.25, 0.3) is 0 Å². The van der Waals surface area contributed by atoms with Crippen molar-refractivity contribution >= 4 is 23.2 Å². The number of hydrogen-bond donors (Lipinski definition) is 2. The highest BCUT2D eigenvalue weighted by Crippen LogP contribution is 2.29. The maximum atomic E-state index is 12.3. The molecule has 0 saturated carbocycles. The Morgan fingerprint density at radius 1 is 1.16 bits per heavy atom. The van der Waals surface area contributed by atoms with Crippen LogP contribution in [0, 0.1) is 11.3 Å². The molecule has 0 bridgehead atoms. The Labute approximate surface area is 153 Å². The Hall–Kier alpha value is -2.35. The summed E-state index contributed by atoms with van der Waals surface area (Å²) in [6.45, 7) is 4.37. The van der Waals surface area contributed by atoms with Gasteiger partial charge in [0.2, 0.25) is 5.91 Å². The zero-order chi connectivity index (χ0) is 18.3. The summed E-state index contributed by atoms with van der Waals surface area (Å²) in [6.07, 6.45) is 1.70. The van der Waals surface area contributed by atoms with E-state index in [0.29, 0.717) is 16.3 Å². The van der Waals surface area contributed by atoms with Gasteiger partial charge in [-0.15, -0.1) is 0 Å². The van der Waals surface area contributed by atoms with E-state index in [4.69, 9.17) is 16.9 Å². The normalized spacial score (nSPS) is 11.0. The number of amides is 1. The molecule has 0 aliphatic carbocycles. The Morgan fingerprint density at radius 2 is 1.84 bits per heavy atom. The molecule has 1 amide bonds. The molecule has 0 radical (unpaired) electrons. The van der Waals surface area contributed by atoms with Gasteiger partial charge in [-0.2, -0.15) is 5.26 Å². The van der Waals surface area contributed by atoms with Gasteiger partial charge in [0.15, 0.2) is 0 Å². The van der Waals surface area contributed by atoms with Crippen molar-refractivity contribution in [1.82, 2.24) is 5.32 Å². The average molecular weight is 356 g/mol. The first kappa shape index (κ1) is 19.0. The van der Waals surface area contributed by atoms with Crippen molar-refractivity contribution in [3.63, 3.8) is 0 Å². The fraction of sp³-hybridized carbons (Fsp3) is 0.300. The van der Waals surface area contributed by atoms with Gasteiger partial charge < -0.3 is 5.32 Å². The lowest BCUT2D eigenvalue weighted by molar-refractivity contribution is -0.115. The molecule has 4 nitrogen and oxygen atoms in total. The summed E-state index contributed by atoms with van der Waals surface area (Å²) in [5, 5.41) is 15.8. The van der Waals surface area contributed by atoms with E-state index in [1.807, 2.05) is 24.3 Å². The average Bonchev–Trinajstić information content (AvgIpc) is 2.64. The zero-order valence-corrected chi connectivity index (χ0v) is 15.2. The number of rotatable bonds is 7. The van der Waals surface area contributed by atoms with Crippen LogP contribution in [0.5, 0.6) is 0 Å². The molecule has 2 N–H and O–H groups in total. The van der Waals surface area contributed by atoms with Gasteiger partial charge in [-0.05, 0) is 48.7 Å². The summed E-state index contributed by atoms with van der Waals surface area (Å²) in [5.41, 5.74) is 1.97. The molecule has 0 spiro atoms. The van der Waals surface area contributed by atoms with Gasteiger partial charge in [0, 0.05) is 16.2 Å². The van der Waals surface area contributed by atoms with Gasteiger partial charge in [-0.1, -0.05) is 43.6 Å². The standard InChI is InChI=1S/C20H22ClN3O/c1-3-20(4-2,16-8-10-17(21)11-9-16)23-14-19(25)24-18-7-5-6-15(12-18)13-22/h5-12,23H,3-4,14H2,1-2H3,(H,24,25). The summed E-state index contributed by atoms with van der Waals surface area (Å²) in [7, 11) is 0. The molecule has 0 saturated heterocycles. The van der Waals surface area contributed by atoms with Crippen LogP contribution in [0.15, 0.2) is 48.5 Å². The van der Waals surface area contributed by atoms with E-state index in [1.165, 1.54) is 0 Å². The van der Waals surface area contributed by atoms with Crippen LogP contribution in [0.2, 0.25) is 5.02 Å². The number of anilines is 1. The zero-order valence-electron chi connectivity index (χ0n) is 14.5. The van der Waals surface area contributed by atoms with Crippen LogP contribution >= 0.6 is 11.6 Å². The smallest absolute Gasteiger partial charge is 0.238 e. The van der Waals surface area contributed by atoms with Crippen molar-refractivity contribution < 1.29 is 4.79 Å². The van der Waals surface area contributed by atoms with Crippen molar-refractivity contribution in [3.8, 4) is 6.07 Å². The number of nitriles is 1. The molecule has 0 fully saturated rings. The molecule has 2 aromatic rings. The van der Waals surface area contributed by atoms with E-state index < -0.39 is 0 Å². The highest BCUT2D eigenvalue weighted by molar-refractivity contribution is 6.30. The molecule has 25 heavy (non-hydrogen) atoms. The van der Waals surface area contributed by atoms with Crippen molar-refractivity contribution in [2.45, 2.75) is 32.2 Å². The SMILES string of the molecule is CCC(CC)(NCC(=O)Nc1cccc(C#N)c1)c1ccc(Cl)cc1. The molecular weight excluding hydrogens is 334 g/mol. The highest BCUT2D eigenvalue weighted by atomic mass is 35.5. The minimum Gasteiger partial charge on any atom is -0.325 e. The number of hydrogen-bond acceptors (Lipinski definition) is 3. The molecular formula is C20H22ClN3O. The van der Waals surface area contributed by atoms with Crippen molar-refractivity contribution in [2.24, 2.45) is 0 Å². The van der Waals surface area contributed by atoms with Gasteiger partial charge in [0.05, 0.1) is 18.2 Å². The molecule has 5 heteroatoms. The summed E-state index contributed by atoms with van der Waals surface area (Å²) >= 11 is 5.98. The molecule has 130 valence electrons. The fourth-order valence-electron chi connectivity index (χ4n) is 2.90. The van der Waals surface area contributed by atoms with Crippen molar-refractivity contribution in [3.05, 3.63) is 64.7 Å². The molecule has 0 aliphatic rings. The number of nitrogens with one attached hydrogen (secondary N) is 2. The summed E-state index contributed by atoms with van der Waals surface area (Å²) in [4.78, 5) is 12.3. The summed E-state index contributed by atoms with van der Waals surface area (Å²) < 4.78 is 0. The Morgan fingerprint density at radius 3 is 2.44 bits per heavy atom. The summed E-state index contributed by atoms with van der Waals surface area (Å²) in [5.74, 6) is -0.143. The lowest BCUT2D eigenvalue weighted by Crippen LogP contribution is -2.45. The Bertz CT molecular complexity index is 761. The molecule has 0 aromatic heterocycles. The minimum atomic E-state index is -0.281. The molecule has 2 aromatic carbocycles. The van der Waals surface area contributed by atoms with E-state index in [1.54, 1.807) is 24.3 Å². The number of benzene rings is 2. The highest BCUT2D eigenvalue weighted by Gasteiger charge is 2.28. The molecule has 0 aliphatic heterocycles. The van der Waals surface area contributed by atoms with Gasteiger partial charge in [-0.25, -0.2) is 0 Å². The van der Waals surface area contributed by atoms with Crippen molar-refractivity contribution in [2.75, 3.05) is 11.9 Å². The lowest BCUT2D eigenvalue weighted by Gasteiger charge is -2.33. The second kappa shape index (κ2) is 8.66. The first-order valence-electron chi connectivity index (χ1n) is 8.34. The van der Waals surface area contributed by atoms with Crippen LogP contribution in [-0.4, -0.2) is 12.5 Å². The third-order valence-corrected chi connectivity index (χ3v) is 4.72. The van der Waals surface area contributed by atoms with E-state index in [0.717, 1.165) is 18.4 Å². The van der Waals surface area contributed by atoms with E-state index in [-0.39, 0.29) is 18.0 Å². The van der Waals surface area contributed by atoms with Gasteiger partial charge in [-0.3, -0.25) is 10.1 Å². The van der Waals surface area contributed by atoms with Crippen molar-refractivity contribution in [1.29, 1.82) is 5.26 Å². The molecule has 0 unspecified atom stereocenters. The van der Waals surface area contributed by atoms with Crippen LogP contribution in [0.25, 0.3) is 0 Å². The van der Waals surface area contributed by atoms with Gasteiger partial charge in [0.1, 0.15) is 0 Å². The summed E-state index contributed by atoms with van der Waals surface area (Å²) in [6, 6.07) is 16.7. The Kier molecular flexibility index (Phi) is 6.58. The third kappa shape index (κ3) is 4.82. The van der Waals surface area contributed by atoms with Crippen LogP contribution in [0.3, 0.4) is 0 Å². The van der Waals surface area contributed by atoms with Gasteiger partial charge >= 0.3 is 0 Å². The molecule has 2 rings (SSSR count). The second-order valence-electron chi connectivity index (χ2n) is 5.89. The predicted octanol–water partition coefficient (Wildman–Crippen LogP) is 4.46. The predicted molar refractivity (Wildman–Crippen MR) is 102 cm³/mol. The number of halogens is 1. The molecule has 0 heterocycles. The van der Waals surface area contributed by atoms with Crippen LogP contribution in [-0.2, 0) is 10.3 Å². The monoisotopic (exact) mass is 355 g/mol. The topological polar surface area (TPSA) is 64.9 Å². The first-order valence-corrected chi connectivity index (χ1v) is 8.72. The number of carbonyl (C=O) groups excluding carboxylic acids is 1. The maximum Gasteiger partial charge on any atom is 0.238 e. The second-order valence-corrected chi connectivity index (χ2v) is 6.33.